The number of nitrogens with zero attached hydrogens (tertiary/aromatic N) is 2. The van der Waals surface area contributed by atoms with E-state index in [0.29, 0.717) is 6.04 Å². The Balaban J connectivity index is 1.75. The van der Waals surface area contributed by atoms with Crippen molar-refractivity contribution in [1.82, 2.24) is 15.2 Å². The Morgan fingerprint density at radius 3 is 3.29 bits per heavy atom. The first kappa shape index (κ1) is 10.1. The minimum atomic E-state index is 0.702. The molecule has 0 radical (unpaired) electrons. The average Bonchev–Trinajstić information content (AvgIpc) is 2.76. The maximum absolute atomic E-state index is 4.08. The summed E-state index contributed by atoms with van der Waals surface area (Å²) in [5.41, 5.74) is 1.90. The topological polar surface area (TPSA) is 28.2 Å². The highest BCUT2D eigenvalue weighted by molar-refractivity contribution is 7.09. The van der Waals surface area contributed by atoms with E-state index >= 15 is 0 Å². The van der Waals surface area contributed by atoms with Gasteiger partial charge in [0, 0.05) is 30.2 Å². The molecule has 1 aromatic rings. The first-order chi connectivity index (χ1) is 6.84. The summed E-state index contributed by atoms with van der Waals surface area (Å²) in [6.45, 7) is 3.37. The molecule has 2 heterocycles. The Bertz CT molecular complexity index is 254. The molecule has 0 spiro atoms. The van der Waals surface area contributed by atoms with Gasteiger partial charge in [-0.15, -0.1) is 11.3 Å². The van der Waals surface area contributed by atoms with E-state index in [1.807, 2.05) is 11.7 Å². The molecule has 3 nitrogen and oxygen atoms in total. The number of rotatable bonds is 4. The molecule has 1 atom stereocenters. The lowest BCUT2D eigenvalue weighted by molar-refractivity contribution is 0.295. The van der Waals surface area contributed by atoms with Gasteiger partial charge in [0.2, 0.25) is 0 Å². The Morgan fingerprint density at radius 1 is 1.71 bits per heavy atom. The summed E-state index contributed by atoms with van der Waals surface area (Å²) < 4.78 is 0. The van der Waals surface area contributed by atoms with E-state index in [1.165, 1.54) is 24.3 Å². The first-order valence-corrected chi connectivity index (χ1v) is 6.02. The summed E-state index contributed by atoms with van der Waals surface area (Å²) in [6, 6.07) is 0.702. The molecule has 1 fully saturated rings. The summed E-state index contributed by atoms with van der Waals surface area (Å²) in [4.78, 5) is 7.81. The van der Waals surface area contributed by atoms with Gasteiger partial charge in [0.15, 0.2) is 0 Å². The molecule has 0 bridgehead atoms. The maximum Gasteiger partial charge on any atom is 0.0794 e. The number of hydrogen-bond acceptors (Lipinski definition) is 4. The average molecular weight is 211 g/mol. The van der Waals surface area contributed by atoms with E-state index in [9.17, 15) is 0 Å². The predicted octanol–water partition coefficient (Wildman–Crippen LogP) is 1.33. The summed E-state index contributed by atoms with van der Waals surface area (Å²) >= 11 is 1.74. The molecule has 1 aliphatic heterocycles. The van der Waals surface area contributed by atoms with Crippen LogP contribution in [0, 0.1) is 0 Å². The van der Waals surface area contributed by atoms with Gasteiger partial charge in [-0.1, -0.05) is 0 Å². The second-order valence-electron chi connectivity index (χ2n) is 3.96. The minimum absolute atomic E-state index is 0.702. The zero-order valence-corrected chi connectivity index (χ0v) is 9.39. The van der Waals surface area contributed by atoms with Gasteiger partial charge < -0.3 is 5.32 Å². The van der Waals surface area contributed by atoms with Crippen molar-refractivity contribution in [1.29, 1.82) is 0 Å². The number of likely N-dealkylation sites (N-methyl/N-ethyl adjacent to an activating group) is 1. The Labute approximate surface area is 89.1 Å². The van der Waals surface area contributed by atoms with Crippen LogP contribution in [0.15, 0.2) is 11.7 Å². The molecular weight excluding hydrogens is 194 g/mol. The van der Waals surface area contributed by atoms with Crippen LogP contribution in [-0.4, -0.2) is 36.1 Å². The summed E-state index contributed by atoms with van der Waals surface area (Å²) in [5, 5.41) is 3.51. The number of nitrogens with one attached hydrogen (secondary N) is 1. The lowest BCUT2D eigenvalue weighted by Gasteiger charge is -2.19. The highest BCUT2D eigenvalue weighted by Crippen LogP contribution is 2.11. The van der Waals surface area contributed by atoms with Gasteiger partial charge in [0.05, 0.1) is 5.51 Å². The van der Waals surface area contributed by atoms with E-state index in [1.54, 1.807) is 11.3 Å². The molecule has 78 valence electrons. The second kappa shape index (κ2) is 4.87. The van der Waals surface area contributed by atoms with E-state index in [0.717, 1.165) is 13.1 Å². The summed E-state index contributed by atoms with van der Waals surface area (Å²) in [6.07, 6.45) is 4.62. The molecule has 1 aromatic heterocycles. The smallest absolute Gasteiger partial charge is 0.0794 e. The molecule has 0 amide bonds. The molecule has 0 saturated carbocycles. The molecule has 14 heavy (non-hydrogen) atoms. The number of aromatic nitrogens is 1. The monoisotopic (exact) mass is 211 g/mol. The van der Waals surface area contributed by atoms with Gasteiger partial charge >= 0.3 is 0 Å². The van der Waals surface area contributed by atoms with E-state index in [2.05, 4.69) is 22.2 Å². The van der Waals surface area contributed by atoms with Crippen LogP contribution in [0.4, 0.5) is 0 Å². The SMILES string of the molecule is CN(Cc1cncs1)CC1CCCN1. The molecule has 1 N–H and O–H groups in total. The third-order valence-corrected chi connectivity index (χ3v) is 3.37. The van der Waals surface area contributed by atoms with E-state index in [-0.39, 0.29) is 0 Å². The molecule has 4 heteroatoms. The van der Waals surface area contributed by atoms with Crippen molar-refractivity contribution < 1.29 is 0 Å². The molecule has 1 aliphatic rings. The lowest BCUT2D eigenvalue weighted by atomic mass is 10.2. The molecule has 2 rings (SSSR count). The third kappa shape index (κ3) is 2.77. The standard InChI is InChI=1S/C10H17N3S/c1-13(6-9-3-2-4-12-9)7-10-5-11-8-14-10/h5,8-9,12H,2-4,6-7H2,1H3. The molecule has 1 unspecified atom stereocenters. The zero-order chi connectivity index (χ0) is 9.80. The Hall–Kier alpha value is -0.450. The van der Waals surface area contributed by atoms with Gasteiger partial charge in [-0.05, 0) is 26.4 Å². The van der Waals surface area contributed by atoms with Crippen LogP contribution in [0.2, 0.25) is 0 Å². The van der Waals surface area contributed by atoms with Crippen LogP contribution in [0.3, 0.4) is 0 Å². The van der Waals surface area contributed by atoms with Crippen LogP contribution < -0.4 is 5.32 Å². The molecular formula is C10H17N3S. The fourth-order valence-electron chi connectivity index (χ4n) is 1.94. The van der Waals surface area contributed by atoms with Crippen LogP contribution in [-0.2, 0) is 6.54 Å². The highest BCUT2D eigenvalue weighted by atomic mass is 32.1. The Morgan fingerprint density at radius 2 is 2.64 bits per heavy atom. The molecule has 1 saturated heterocycles. The summed E-state index contributed by atoms with van der Waals surface area (Å²) in [5.74, 6) is 0. The quantitative estimate of drug-likeness (QED) is 0.814. The van der Waals surface area contributed by atoms with Gasteiger partial charge in [0.1, 0.15) is 0 Å². The lowest BCUT2D eigenvalue weighted by Crippen LogP contribution is -2.34. The van der Waals surface area contributed by atoms with Crippen molar-refractivity contribution in [3.05, 3.63) is 16.6 Å². The van der Waals surface area contributed by atoms with Crippen LogP contribution in [0.25, 0.3) is 0 Å². The van der Waals surface area contributed by atoms with E-state index in [4.69, 9.17) is 0 Å². The minimum Gasteiger partial charge on any atom is -0.313 e. The van der Waals surface area contributed by atoms with Gasteiger partial charge in [-0.25, -0.2) is 0 Å². The Kier molecular flexibility index (Phi) is 3.50. The van der Waals surface area contributed by atoms with Gasteiger partial charge in [-0.2, -0.15) is 0 Å². The third-order valence-electron chi connectivity index (χ3n) is 2.60. The number of hydrogen-bond donors (Lipinski definition) is 1. The van der Waals surface area contributed by atoms with Crippen molar-refractivity contribution in [2.45, 2.75) is 25.4 Å². The zero-order valence-electron chi connectivity index (χ0n) is 8.57. The molecule has 0 aliphatic carbocycles. The van der Waals surface area contributed by atoms with Crippen molar-refractivity contribution >= 4 is 11.3 Å². The maximum atomic E-state index is 4.08. The fourth-order valence-corrected chi connectivity index (χ4v) is 2.61. The normalized spacial score (nSPS) is 22.0. The van der Waals surface area contributed by atoms with Crippen LogP contribution in [0.5, 0.6) is 0 Å². The van der Waals surface area contributed by atoms with Crippen molar-refractivity contribution in [3.63, 3.8) is 0 Å². The van der Waals surface area contributed by atoms with E-state index < -0.39 is 0 Å². The predicted molar refractivity (Wildman–Crippen MR) is 59.5 cm³/mol. The first-order valence-electron chi connectivity index (χ1n) is 5.14. The van der Waals surface area contributed by atoms with Crippen LogP contribution in [0.1, 0.15) is 17.7 Å². The highest BCUT2D eigenvalue weighted by Gasteiger charge is 2.15. The molecule has 0 aromatic carbocycles. The second-order valence-corrected chi connectivity index (χ2v) is 4.93. The van der Waals surface area contributed by atoms with Gasteiger partial charge in [-0.3, -0.25) is 9.88 Å². The van der Waals surface area contributed by atoms with Crippen LogP contribution >= 0.6 is 11.3 Å². The van der Waals surface area contributed by atoms with Crippen molar-refractivity contribution in [3.8, 4) is 0 Å². The van der Waals surface area contributed by atoms with Crippen molar-refractivity contribution in [2.24, 2.45) is 0 Å². The fraction of sp³-hybridized carbons (Fsp3) is 0.700. The number of thiazole rings is 1. The van der Waals surface area contributed by atoms with Gasteiger partial charge in [0.25, 0.3) is 0 Å². The summed E-state index contributed by atoms with van der Waals surface area (Å²) in [7, 11) is 2.18. The largest absolute Gasteiger partial charge is 0.313 e. The van der Waals surface area contributed by atoms with Crippen molar-refractivity contribution in [2.75, 3.05) is 20.1 Å².